The lowest BCUT2D eigenvalue weighted by molar-refractivity contribution is 0.411. The Morgan fingerprint density at radius 3 is 2.35 bits per heavy atom. The summed E-state index contributed by atoms with van der Waals surface area (Å²) in [6.07, 6.45) is 0. The van der Waals surface area contributed by atoms with E-state index in [9.17, 15) is 4.39 Å². The summed E-state index contributed by atoms with van der Waals surface area (Å²) in [6, 6.07) is 11.1. The van der Waals surface area contributed by atoms with Gasteiger partial charge in [-0.1, -0.05) is 18.2 Å². The van der Waals surface area contributed by atoms with Crippen LogP contribution in [0.2, 0.25) is 0 Å². The molecule has 0 aliphatic rings. The molecule has 0 fully saturated rings. The van der Waals surface area contributed by atoms with Crippen molar-refractivity contribution in [3.05, 3.63) is 63.4 Å². The average molecular weight is 338 g/mol. The van der Waals surface area contributed by atoms with Crippen molar-refractivity contribution in [1.29, 1.82) is 0 Å². The van der Waals surface area contributed by atoms with Crippen LogP contribution in [0, 0.1) is 12.7 Å². The molecule has 4 heteroatoms. The second-order valence-corrected chi connectivity index (χ2v) is 5.48. The number of hydrogen-bond donors (Lipinski definition) is 1. The summed E-state index contributed by atoms with van der Waals surface area (Å²) in [5.74, 6) is 0.596. The number of ether oxygens (including phenoxy) is 1. The lowest BCUT2D eigenvalue weighted by Gasteiger charge is -2.19. The second kappa shape index (κ2) is 6.37. The van der Waals surface area contributed by atoms with Gasteiger partial charge in [0, 0.05) is 0 Å². The van der Waals surface area contributed by atoms with E-state index in [1.165, 1.54) is 0 Å². The Balaban J connectivity index is 2.41. The van der Waals surface area contributed by atoms with Crippen LogP contribution in [0.15, 0.2) is 40.9 Å². The molecule has 1 unspecified atom stereocenters. The molecule has 0 aliphatic heterocycles. The van der Waals surface area contributed by atoms with Gasteiger partial charge >= 0.3 is 0 Å². The first-order chi connectivity index (χ1) is 9.56. The zero-order chi connectivity index (χ0) is 14.7. The Morgan fingerprint density at radius 2 is 1.80 bits per heavy atom. The van der Waals surface area contributed by atoms with Gasteiger partial charge in [0.15, 0.2) is 0 Å². The van der Waals surface area contributed by atoms with Gasteiger partial charge in [-0.2, -0.15) is 0 Å². The summed E-state index contributed by atoms with van der Waals surface area (Å²) in [5.41, 5.74) is 3.02. The third-order valence-electron chi connectivity index (χ3n) is 3.32. The Hall–Kier alpha value is -1.39. The van der Waals surface area contributed by atoms with Gasteiger partial charge in [0.2, 0.25) is 0 Å². The molecule has 0 aliphatic carbocycles. The summed E-state index contributed by atoms with van der Waals surface area (Å²) in [7, 11) is 3.52. The highest BCUT2D eigenvalue weighted by Gasteiger charge is 2.14. The molecule has 0 aromatic heterocycles. The maximum Gasteiger partial charge on any atom is 0.137 e. The lowest BCUT2D eigenvalue weighted by Crippen LogP contribution is -2.18. The summed E-state index contributed by atoms with van der Waals surface area (Å²) < 4.78 is 19.4. The monoisotopic (exact) mass is 337 g/mol. The van der Waals surface area contributed by atoms with Gasteiger partial charge in [0.25, 0.3) is 0 Å². The van der Waals surface area contributed by atoms with Crippen LogP contribution in [-0.2, 0) is 0 Å². The number of methoxy groups -OCH3 is 1. The van der Waals surface area contributed by atoms with E-state index in [4.69, 9.17) is 4.74 Å². The van der Waals surface area contributed by atoms with Crippen LogP contribution in [0.3, 0.4) is 0 Å². The fraction of sp³-hybridized carbons (Fsp3) is 0.250. The molecule has 2 aromatic rings. The average Bonchev–Trinajstić information content (AvgIpc) is 2.44. The second-order valence-electron chi connectivity index (χ2n) is 4.62. The molecule has 0 amide bonds. The molecular formula is C16H17BrFNO. The predicted molar refractivity (Wildman–Crippen MR) is 82.7 cm³/mol. The largest absolute Gasteiger partial charge is 0.496 e. The van der Waals surface area contributed by atoms with Crippen molar-refractivity contribution in [2.75, 3.05) is 14.2 Å². The van der Waals surface area contributed by atoms with E-state index >= 15 is 0 Å². The van der Waals surface area contributed by atoms with E-state index in [1.807, 2.05) is 32.2 Å². The standard InChI is InChI=1S/C16H17BrFNO/c1-10-8-11(5-7-15(10)20-3)16(19-2)12-4-6-13(17)14(18)9-12/h4-9,16,19H,1-3H3. The third-order valence-corrected chi connectivity index (χ3v) is 3.96. The molecule has 0 heterocycles. The minimum absolute atomic E-state index is 0.0535. The molecule has 2 rings (SSSR count). The first-order valence-electron chi connectivity index (χ1n) is 6.33. The number of aryl methyl sites for hydroxylation is 1. The minimum Gasteiger partial charge on any atom is -0.496 e. The smallest absolute Gasteiger partial charge is 0.137 e. The van der Waals surface area contributed by atoms with Gasteiger partial charge < -0.3 is 10.1 Å². The van der Waals surface area contributed by atoms with Gasteiger partial charge in [0.05, 0.1) is 17.6 Å². The van der Waals surface area contributed by atoms with Crippen LogP contribution in [0.4, 0.5) is 4.39 Å². The van der Waals surface area contributed by atoms with Crippen molar-refractivity contribution < 1.29 is 9.13 Å². The third kappa shape index (κ3) is 3.02. The van der Waals surface area contributed by atoms with E-state index in [2.05, 4.69) is 27.3 Å². The number of rotatable bonds is 4. The first-order valence-corrected chi connectivity index (χ1v) is 7.13. The van der Waals surface area contributed by atoms with Crippen LogP contribution in [-0.4, -0.2) is 14.2 Å². The molecule has 1 N–H and O–H groups in total. The van der Waals surface area contributed by atoms with Crippen LogP contribution < -0.4 is 10.1 Å². The molecule has 0 saturated carbocycles. The molecular weight excluding hydrogens is 321 g/mol. The molecule has 0 saturated heterocycles. The Kier molecular flexibility index (Phi) is 4.78. The quantitative estimate of drug-likeness (QED) is 0.902. The molecule has 106 valence electrons. The molecule has 1 atom stereocenters. The molecule has 20 heavy (non-hydrogen) atoms. The van der Waals surface area contributed by atoms with E-state index < -0.39 is 0 Å². The Morgan fingerprint density at radius 1 is 1.15 bits per heavy atom. The number of nitrogens with one attached hydrogen (secondary N) is 1. The fourth-order valence-electron chi connectivity index (χ4n) is 2.30. The van der Waals surface area contributed by atoms with Crippen molar-refractivity contribution in [3.8, 4) is 5.75 Å². The van der Waals surface area contributed by atoms with Gasteiger partial charge in [-0.05, 0) is 64.8 Å². The Bertz CT molecular complexity index is 615. The highest BCUT2D eigenvalue weighted by Crippen LogP contribution is 2.28. The molecule has 2 nitrogen and oxygen atoms in total. The van der Waals surface area contributed by atoms with Gasteiger partial charge in [0.1, 0.15) is 11.6 Å². The molecule has 0 spiro atoms. The summed E-state index contributed by atoms with van der Waals surface area (Å²) >= 11 is 3.18. The van der Waals surface area contributed by atoms with Gasteiger partial charge in [-0.15, -0.1) is 0 Å². The number of hydrogen-bond acceptors (Lipinski definition) is 2. The number of halogens is 2. The summed E-state index contributed by atoms with van der Waals surface area (Å²) in [4.78, 5) is 0. The minimum atomic E-state index is -0.256. The highest BCUT2D eigenvalue weighted by atomic mass is 79.9. The van der Waals surface area contributed by atoms with Crippen LogP contribution in [0.25, 0.3) is 0 Å². The summed E-state index contributed by atoms with van der Waals surface area (Å²) in [5, 5.41) is 3.22. The zero-order valence-corrected chi connectivity index (χ0v) is 13.3. The molecule has 2 aromatic carbocycles. The Labute approximate surface area is 127 Å². The highest BCUT2D eigenvalue weighted by molar-refractivity contribution is 9.10. The van der Waals surface area contributed by atoms with E-state index in [0.717, 1.165) is 22.4 Å². The van der Waals surface area contributed by atoms with Gasteiger partial charge in [-0.25, -0.2) is 4.39 Å². The molecule has 0 radical (unpaired) electrons. The van der Waals surface area contributed by atoms with Crippen LogP contribution >= 0.6 is 15.9 Å². The van der Waals surface area contributed by atoms with E-state index in [0.29, 0.717) is 4.47 Å². The van der Waals surface area contributed by atoms with Crippen molar-refractivity contribution in [2.45, 2.75) is 13.0 Å². The van der Waals surface area contributed by atoms with Crippen molar-refractivity contribution >= 4 is 15.9 Å². The lowest BCUT2D eigenvalue weighted by atomic mass is 9.97. The van der Waals surface area contributed by atoms with Crippen molar-refractivity contribution in [1.82, 2.24) is 5.32 Å². The topological polar surface area (TPSA) is 21.3 Å². The van der Waals surface area contributed by atoms with E-state index in [-0.39, 0.29) is 11.9 Å². The van der Waals surface area contributed by atoms with E-state index in [1.54, 1.807) is 19.2 Å². The predicted octanol–water partition coefficient (Wildman–Crippen LogP) is 4.21. The van der Waals surface area contributed by atoms with Crippen molar-refractivity contribution in [3.63, 3.8) is 0 Å². The number of benzene rings is 2. The maximum absolute atomic E-state index is 13.7. The normalized spacial score (nSPS) is 12.2. The SMILES string of the molecule is CNC(c1ccc(OC)c(C)c1)c1ccc(Br)c(F)c1. The van der Waals surface area contributed by atoms with Crippen LogP contribution in [0.1, 0.15) is 22.7 Å². The maximum atomic E-state index is 13.7. The molecule has 0 bridgehead atoms. The summed E-state index contributed by atoms with van der Waals surface area (Å²) in [6.45, 7) is 2.00. The van der Waals surface area contributed by atoms with Crippen molar-refractivity contribution in [2.24, 2.45) is 0 Å². The fourth-order valence-corrected chi connectivity index (χ4v) is 2.55. The van der Waals surface area contributed by atoms with Crippen LogP contribution in [0.5, 0.6) is 5.75 Å². The first kappa shape index (κ1) is 15.0. The zero-order valence-electron chi connectivity index (χ0n) is 11.7. The van der Waals surface area contributed by atoms with Gasteiger partial charge in [-0.3, -0.25) is 0 Å².